The van der Waals surface area contributed by atoms with Gasteiger partial charge in [-0.25, -0.2) is 0 Å². The molecule has 3 nitrogen and oxygen atoms in total. The van der Waals surface area contributed by atoms with E-state index >= 15 is 0 Å². The minimum atomic E-state index is -0.240. The lowest BCUT2D eigenvalue weighted by Gasteiger charge is -2.45. The molecule has 3 aliphatic carbocycles. The summed E-state index contributed by atoms with van der Waals surface area (Å²) in [7, 11) is 4.23. The predicted octanol–water partition coefficient (Wildman–Crippen LogP) is 4.95. The molecular weight excluding hydrogens is 331 g/mol. The van der Waals surface area contributed by atoms with Crippen molar-refractivity contribution in [3.8, 4) is 0 Å². The summed E-state index contributed by atoms with van der Waals surface area (Å²) in [6.45, 7) is 6.55. The van der Waals surface area contributed by atoms with Gasteiger partial charge >= 0.3 is 0 Å². The molecule has 0 bridgehead atoms. The smallest absolute Gasteiger partial charge is 0.138 e. The zero-order valence-electron chi connectivity index (χ0n) is 16.3. The number of carbonyl (C=O) groups excluding carboxylic acids is 1. The van der Waals surface area contributed by atoms with Crippen molar-refractivity contribution in [3.05, 3.63) is 12.2 Å². The summed E-state index contributed by atoms with van der Waals surface area (Å²) in [5, 5.41) is 0. The minimum Gasteiger partial charge on any atom is -0.376 e. The Bertz CT molecular complexity index is 527. The van der Waals surface area contributed by atoms with Crippen LogP contribution in [0.5, 0.6) is 0 Å². The van der Waals surface area contributed by atoms with Crippen molar-refractivity contribution in [3.63, 3.8) is 0 Å². The second-order valence-corrected chi connectivity index (χ2v) is 9.25. The first kappa shape index (κ1) is 19.5. The Kier molecular flexibility index (Phi) is 5.78. The lowest BCUT2D eigenvalue weighted by atomic mass is 9.62. The number of allylic oxidation sites excluding steroid dienone is 1. The third-order valence-corrected chi connectivity index (χ3v) is 8.17. The van der Waals surface area contributed by atoms with Gasteiger partial charge in [0.05, 0.1) is 17.6 Å². The van der Waals surface area contributed by atoms with E-state index in [0.29, 0.717) is 29.3 Å². The molecule has 3 saturated carbocycles. The summed E-state index contributed by atoms with van der Waals surface area (Å²) in [5.41, 5.74) is 0.139. The maximum Gasteiger partial charge on any atom is 0.138 e. The van der Waals surface area contributed by atoms with Gasteiger partial charge in [-0.2, -0.15) is 0 Å². The second-order valence-electron chi connectivity index (χ2n) is 8.98. The summed E-state index contributed by atoms with van der Waals surface area (Å²) >= 11 is 0. The van der Waals surface area contributed by atoms with Crippen molar-refractivity contribution < 1.29 is 14.1 Å². The quantitative estimate of drug-likeness (QED) is 0.472. The molecule has 0 saturated heterocycles. The molecule has 7 atom stereocenters. The first-order chi connectivity index (χ1) is 11.9. The SMILES string of the molecule is COC(/C=C/[C@@H](C)C1CCC2C(OP)CCC[C@@]21C)C1(C(C)=O)CC1. The number of ketones is 1. The van der Waals surface area contributed by atoms with Gasteiger partial charge in [-0.1, -0.05) is 32.4 Å². The molecule has 0 aromatic rings. The highest BCUT2D eigenvalue weighted by Crippen LogP contribution is 2.59. The highest BCUT2D eigenvalue weighted by atomic mass is 31.0. The van der Waals surface area contributed by atoms with Crippen molar-refractivity contribution in [2.24, 2.45) is 28.6 Å². The fourth-order valence-corrected chi connectivity index (χ4v) is 6.38. The van der Waals surface area contributed by atoms with Gasteiger partial charge in [0.25, 0.3) is 0 Å². The monoisotopic (exact) mass is 366 g/mol. The summed E-state index contributed by atoms with van der Waals surface area (Å²) in [6, 6.07) is 0. The molecule has 3 rings (SSSR count). The van der Waals surface area contributed by atoms with Crippen molar-refractivity contribution in [1.29, 1.82) is 0 Å². The highest BCUT2D eigenvalue weighted by Gasteiger charge is 2.54. The van der Waals surface area contributed by atoms with E-state index in [9.17, 15) is 4.79 Å². The van der Waals surface area contributed by atoms with E-state index in [-0.39, 0.29) is 17.3 Å². The fourth-order valence-electron chi connectivity index (χ4n) is 6.06. The van der Waals surface area contributed by atoms with Crippen LogP contribution in [0.4, 0.5) is 0 Å². The van der Waals surface area contributed by atoms with Crippen LogP contribution in [0.25, 0.3) is 0 Å². The molecule has 0 aliphatic heterocycles. The van der Waals surface area contributed by atoms with Gasteiger partial charge < -0.3 is 9.26 Å². The number of rotatable bonds is 7. The molecule has 0 amide bonds. The van der Waals surface area contributed by atoms with Crippen LogP contribution in [0, 0.1) is 28.6 Å². The molecule has 3 aliphatic rings. The predicted molar refractivity (Wildman–Crippen MR) is 104 cm³/mol. The van der Waals surface area contributed by atoms with Crippen LogP contribution in [0.2, 0.25) is 0 Å². The van der Waals surface area contributed by atoms with E-state index in [0.717, 1.165) is 12.8 Å². The summed E-state index contributed by atoms with van der Waals surface area (Å²) < 4.78 is 11.4. The Hall–Kier alpha value is -0.240. The molecular formula is C21H35O3P. The minimum absolute atomic E-state index is 0.0630. The van der Waals surface area contributed by atoms with Gasteiger partial charge in [0.15, 0.2) is 0 Å². The molecule has 0 aromatic heterocycles. The van der Waals surface area contributed by atoms with Crippen LogP contribution in [0.15, 0.2) is 12.2 Å². The van der Waals surface area contributed by atoms with Gasteiger partial charge in [0, 0.05) is 16.6 Å². The van der Waals surface area contributed by atoms with Crippen molar-refractivity contribution in [2.45, 2.75) is 77.9 Å². The third kappa shape index (κ3) is 3.37. The summed E-state index contributed by atoms with van der Waals surface area (Å²) in [6.07, 6.45) is 13.2. The average molecular weight is 366 g/mol. The zero-order chi connectivity index (χ0) is 18.2. The molecule has 0 spiro atoms. The molecule has 25 heavy (non-hydrogen) atoms. The van der Waals surface area contributed by atoms with Crippen molar-refractivity contribution in [2.75, 3.05) is 7.11 Å². The topological polar surface area (TPSA) is 35.5 Å². The van der Waals surface area contributed by atoms with E-state index in [4.69, 9.17) is 9.26 Å². The molecule has 0 aromatic carbocycles. The first-order valence-corrected chi connectivity index (χ1v) is 10.4. The van der Waals surface area contributed by atoms with Crippen LogP contribution in [-0.2, 0) is 14.1 Å². The second kappa shape index (κ2) is 7.41. The van der Waals surface area contributed by atoms with Crippen LogP contribution in [0.3, 0.4) is 0 Å². The molecule has 3 fully saturated rings. The van der Waals surface area contributed by atoms with Crippen LogP contribution < -0.4 is 0 Å². The maximum atomic E-state index is 12.0. The molecule has 0 radical (unpaired) electrons. The van der Waals surface area contributed by atoms with E-state index in [1.54, 1.807) is 14.0 Å². The van der Waals surface area contributed by atoms with Gasteiger partial charge in [0.2, 0.25) is 0 Å². The Morgan fingerprint density at radius 3 is 2.48 bits per heavy atom. The number of methoxy groups -OCH3 is 1. The van der Waals surface area contributed by atoms with Crippen LogP contribution in [0.1, 0.15) is 65.7 Å². The van der Waals surface area contributed by atoms with E-state index < -0.39 is 0 Å². The van der Waals surface area contributed by atoms with Gasteiger partial charge in [0.1, 0.15) is 5.78 Å². The van der Waals surface area contributed by atoms with Gasteiger partial charge in [-0.3, -0.25) is 4.79 Å². The van der Waals surface area contributed by atoms with Crippen molar-refractivity contribution in [1.82, 2.24) is 0 Å². The Morgan fingerprint density at radius 2 is 1.92 bits per heavy atom. The number of carbonyl (C=O) groups is 1. The molecule has 142 valence electrons. The number of hydrogen-bond donors (Lipinski definition) is 0. The largest absolute Gasteiger partial charge is 0.376 e. The lowest BCUT2D eigenvalue weighted by Crippen LogP contribution is -2.41. The Morgan fingerprint density at radius 1 is 1.20 bits per heavy atom. The Balaban J connectivity index is 1.71. The molecule has 4 heteroatoms. The van der Waals surface area contributed by atoms with Crippen molar-refractivity contribution >= 4 is 15.2 Å². The lowest BCUT2D eigenvalue weighted by molar-refractivity contribution is -0.125. The first-order valence-electron chi connectivity index (χ1n) is 9.96. The Labute approximate surface area is 155 Å². The van der Waals surface area contributed by atoms with E-state index in [2.05, 4.69) is 35.5 Å². The average Bonchev–Trinajstić information content (AvgIpc) is 3.31. The van der Waals surface area contributed by atoms with Crippen LogP contribution in [-0.4, -0.2) is 25.1 Å². The summed E-state index contributed by atoms with van der Waals surface area (Å²) in [5.74, 6) is 2.17. The summed E-state index contributed by atoms with van der Waals surface area (Å²) in [4.78, 5) is 12.0. The number of fused-ring (bicyclic) bond motifs is 1. The van der Waals surface area contributed by atoms with Gasteiger partial charge in [-0.15, -0.1) is 0 Å². The normalized spacial score (nSPS) is 39.2. The van der Waals surface area contributed by atoms with E-state index in [1.165, 1.54) is 32.1 Å². The zero-order valence-corrected chi connectivity index (χ0v) is 17.4. The number of Topliss-reactive ketones (excluding diaryl/α,β-unsaturated/α-hetero) is 1. The highest BCUT2D eigenvalue weighted by molar-refractivity contribution is 7.09. The standard InChI is InChI=1S/C21H35O3P/c1-14(7-10-19(23-4)21(12-13-21)15(2)22)16-8-9-17-18(24-25)6-5-11-20(16,17)3/h7,10,14,16-19H,5-6,8-9,11-13,25H2,1-4H3/b10-7+/t14-,16?,17?,18?,19?,20-/m1/s1. The fraction of sp³-hybridized carbons (Fsp3) is 0.857. The number of ether oxygens (including phenoxy) is 1. The number of hydrogen-bond acceptors (Lipinski definition) is 3. The van der Waals surface area contributed by atoms with E-state index in [1.807, 2.05) is 0 Å². The van der Waals surface area contributed by atoms with Gasteiger partial charge in [-0.05, 0) is 68.6 Å². The molecule has 0 N–H and O–H groups in total. The van der Waals surface area contributed by atoms with Crippen LogP contribution >= 0.6 is 9.47 Å². The third-order valence-electron chi connectivity index (χ3n) is 7.82. The maximum absolute atomic E-state index is 12.0. The molecule has 0 heterocycles. The molecule has 5 unspecified atom stereocenters.